The number of aromatic nitrogens is 2. The second-order valence-corrected chi connectivity index (χ2v) is 11.1. The molecule has 0 spiro atoms. The Morgan fingerprint density at radius 2 is 1.71 bits per heavy atom. The van der Waals surface area contributed by atoms with E-state index in [4.69, 9.17) is 9.72 Å². The van der Waals surface area contributed by atoms with Crippen LogP contribution in [0.5, 0.6) is 5.75 Å². The fourth-order valence-electron chi connectivity index (χ4n) is 4.75. The van der Waals surface area contributed by atoms with Gasteiger partial charge in [-0.3, -0.25) is 4.90 Å². The fraction of sp³-hybridized carbons (Fsp3) is 0.483. The van der Waals surface area contributed by atoms with Crippen molar-refractivity contribution in [1.82, 2.24) is 19.6 Å². The third-order valence-electron chi connectivity index (χ3n) is 6.92. The van der Waals surface area contributed by atoms with Gasteiger partial charge in [0.15, 0.2) is 0 Å². The fourth-order valence-corrected chi connectivity index (χ4v) is 5.49. The van der Waals surface area contributed by atoms with Crippen LogP contribution in [0, 0.1) is 0 Å². The van der Waals surface area contributed by atoms with Gasteiger partial charge in [0.05, 0.1) is 7.11 Å². The number of nitrogens with one attached hydrogen (secondary N) is 2. The SMILES string of the molecule is COc1cccc(Cc2nsc(N3CCN(CCNC(=O)Nc4c(C(C)C)cccc4C(C)C)CC3)n2)c1. The first kappa shape index (κ1) is 27.9. The number of hydrogen-bond donors (Lipinski definition) is 2. The van der Waals surface area contributed by atoms with Gasteiger partial charge < -0.3 is 20.3 Å². The Labute approximate surface area is 230 Å². The number of para-hydroxylation sites is 1. The minimum Gasteiger partial charge on any atom is -0.497 e. The molecule has 0 bridgehead atoms. The number of benzene rings is 2. The molecular formula is C29H40N6O2S. The summed E-state index contributed by atoms with van der Waals surface area (Å²) in [5.41, 5.74) is 4.44. The van der Waals surface area contributed by atoms with Crippen LogP contribution in [0.2, 0.25) is 0 Å². The topological polar surface area (TPSA) is 82.6 Å². The van der Waals surface area contributed by atoms with E-state index >= 15 is 0 Å². The van der Waals surface area contributed by atoms with Crippen LogP contribution in [-0.2, 0) is 6.42 Å². The summed E-state index contributed by atoms with van der Waals surface area (Å²) < 4.78 is 9.90. The molecule has 0 unspecified atom stereocenters. The summed E-state index contributed by atoms with van der Waals surface area (Å²) in [6, 6.07) is 14.2. The number of piperazine rings is 1. The first-order chi connectivity index (χ1) is 18.3. The average molecular weight is 537 g/mol. The van der Waals surface area contributed by atoms with E-state index < -0.39 is 0 Å². The minimum atomic E-state index is -0.143. The number of rotatable bonds is 10. The number of carbonyl (C=O) groups is 1. The number of methoxy groups -OCH3 is 1. The van der Waals surface area contributed by atoms with Crippen molar-refractivity contribution in [1.29, 1.82) is 0 Å². The summed E-state index contributed by atoms with van der Waals surface area (Å²) in [5.74, 6) is 2.37. The highest BCUT2D eigenvalue weighted by Gasteiger charge is 2.21. The number of ether oxygens (including phenoxy) is 1. The van der Waals surface area contributed by atoms with Gasteiger partial charge in [0.1, 0.15) is 11.6 Å². The van der Waals surface area contributed by atoms with Crippen molar-refractivity contribution >= 4 is 28.4 Å². The van der Waals surface area contributed by atoms with Crippen molar-refractivity contribution in [3.05, 3.63) is 65.0 Å². The molecule has 38 heavy (non-hydrogen) atoms. The van der Waals surface area contributed by atoms with Crippen LogP contribution in [0.15, 0.2) is 42.5 Å². The van der Waals surface area contributed by atoms with Crippen molar-refractivity contribution in [3.8, 4) is 5.75 Å². The number of nitrogens with zero attached hydrogens (tertiary/aromatic N) is 4. The maximum atomic E-state index is 12.7. The van der Waals surface area contributed by atoms with E-state index in [0.717, 1.165) is 60.7 Å². The lowest BCUT2D eigenvalue weighted by molar-refractivity contribution is 0.240. The van der Waals surface area contributed by atoms with Gasteiger partial charge in [-0.2, -0.15) is 4.37 Å². The Morgan fingerprint density at radius 3 is 2.37 bits per heavy atom. The van der Waals surface area contributed by atoms with Crippen LogP contribution >= 0.6 is 11.5 Å². The summed E-state index contributed by atoms with van der Waals surface area (Å²) in [6.45, 7) is 13.7. The molecule has 2 aromatic carbocycles. The Hall–Kier alpha value is -3.17. The summed E-state index contributed by atoms with van der Waals surface area (Å²) in [7, 11) is 1.68. The molecule has 4 rings (SSSR count). The van der Waals surface area contributed by atoms with Gasteiger partial charge in [-0.25, -0.2) is 9.78 Å². The molecule has 1 fully saturated rings. The molecule has 1 aromatic heterocycles. The molecule has 1 aliphatic heterocycles. The van der Waals surface area contributed by atoms with Crippen molar-refractivity contribution < 1.29 is 9.53 Å². The number of urea groups is 1. The molecule has 2 N–H and O–H groups in total. The zero-order chi connectivity index (χ0) is 27.1. The van der Waals surface area contributed by atoms with Gasteiger partial charge in [0.2, 0.25) is 5.13 Å². The van der Waals surface area contributed by atoms with Gasteiger partial charge >= 0.3 is 6.03 Å². The van der Waals surface area contributed by atoms with Gasteiger partial charge in [-0.1, -0.05) is 58.0 Å². The molecule has 204 valence electrons. The van der Waals surface area contributed by atoms with Gasteiger partial charge in [-0.15, -0.1) is 0 Å². The molecule has 0 atom stereocenters. The third-order valence-corrected chi connectivity index (χ3v) is 7.74. The molecule has 3 aromatic rings. The Morgan fingerprint density at radius 1 is 1.03 bits per heavy atom. The first-order valence-electron chi connectivity index (χ1n) is 13.4. The molecule has 0 radical (unpaired) electrons. The van der Waals surface area contributed by atoms with Crippen molar-refractivity contribution in [3.63, 3.8) is 0 Å². The summed E-state index contributed by atoms with van der Waals surface area (Å²) in [6.07, 6.45) is 0.696. The minimum absolute atomic E-state index is 0.143. The van der Waals surface area contributed by atoms with E-state index in [2.05, 4.69) is 76.8 Å². The van der Waals surface area contributed by atoms with Crippen molar-refractivity contribution in [2.75, 3.05) is 56.6 Å². The quantitative estimate of drug-likeness (QED) is 0.365. The smallest absolute Gasteiger partial charge is 0.319 e. The van der Waals surface area contributed by atoms with E-state index in [0.29, 0.717) is 24.8 Å². The Bertz CT molecular complexity index is 1180. The highest BCUT2D eigenvalue weighted by molar-refractivity contribution is 7.09. The first-order valence-corrected chi connectivity index (χ1v) is 14.2. The van der Waals surface area contributed by atoms with Gasteiger partial charge in [-0.05, 0) is 40.7 Å². The zero-order valence-electron chi connectivity index (χ0n) is 23.2. The van der Waals surface area contributed by atoms with Crippen molar-refractivity contribution in [2.45, 2.75) is 46.0 Å². The normalized spacial score (nSPS) is 14.2. The van der Waals surface area contributed by atoms with Crippen LogP contribution in [0.3, 0.4) is 0 Å². The van der Waals surface area contributed by atoms with Crippen LogP contribution in [0.4, 0.5) is 15.6 Å². The average Bonchev–Trinajstić information content (AvgIpc) is 3.37. The van der Waals surface area contributed by atoms with E-state index in [-0.39, 0.29) is 6.03 Å². The predicted molar refractivity (Wildman–Crippen MR) is 156 cm³/mol. The molecule has 2 heterocycles. The van der Waals surface area contributed by atoms with E-state index in [1.54, 1.807) is 7.11 Å². The predicted octanol–water partition coefficient (Wildman–Crippen LogP) is 5.33. The number of hydrogen-bond acceptors (Lipinski definition) is 7. The molecule has 2 amide bonds. The van der Waals surface area contributed by atoms with E-state index in [9.17, 15) is 4.79 Å². The Kier molecular flexibility index (Phi) is 9.58. The van der Waals surface area contributed by atoms with Crippen LogP contribution in [0.25, 0.3) is 0 Å². The standard InChI is InChI=1S/C29H40N6O2S/c1-20(2)24-10-7-11-25(21(3)4)27(24)32-28(36)30-12-13-34-14-16-35(17-15-34)29-31-26(33-38-29)19-22-8-6-9-23(18-22)37-5/h6-11,18,20-21H,12-17,19H2,1-5H3,(H2,30,32,36). The highest BCUT2D eigenvalue weighted by atomic mass is 32.1. The monoisotopic (exact) mass is 536 g/mol. The van der Waals surface area contributed by atoms with E-state index in [1.807, 2.05) is 18.2 Å². The summed E-state index contributed by atoms with van der Waals surface area (Å²) in [4.78, 5) is 22.2. The molecule has 1 aliphatic rings. The lowest BCUT2D eigenvalue weighted by atomic mass is 9.93. The van der Waals surface area contributed by atoms with Crippen molar-refractivity contribution in [2.24, 2.45) is 0 Å². The maximum absolute atomic E-state index is 12.7. The van der Waals surface area contributed by atoms with Gasteiger partial charge in [0.25, 0.3) is 0 Å². The molecule has 8 nitrogen and oxygen atoms in total. The Balaban J connectivity index is 1.22. The molecule has 0 saturated carbocycles. The maximum Gasteiger partial charge on any atom is 0.319 e. The second-order valence-electron chi connectivity index (χ2n) is 10.4. The largest absolute Gasteiger partial charge is 0.497 e. The van der Waals surface area contributed by atoms with Crippen LogP contribution < -0.4 is 20.3 Å². The molecule has 0 aliphatic carbocycles. The summed E-state index contributed by atoms with van der Waals surface area (Å²) in [5, 5.41) is 7.17. The summed E-state index contributed by atoms with van der Waals surface area (Å²) >= 11 is 1.47. The second kappa shape index (κ2) is 13.1. The lowest BCUT2D eigenvalue weighted by Crippen LogP contribution is -2.48. The molecule has 9 heteroatoms. The van der Waals surface area contributed by atoms with Crippen LogP contribution in [0.1, 0.15) is 62.0 Å². The van der Waals surface area contributed by atoms with Crippen LogP contribution in [-0.4, -0.2) is 66.7 Å². The van der Waals surface area contributed by atoms with E-state index in [1.165, 1.54) is 22.7 Å². The van der Waals surface area contributed by atoms with Gasteiger partial charge in [0, 0.05) is 62.9 Å². The zero-order valence-corrected chi connectivity index (χ0v) is 24.0. The molecule has 1 saturated heterocycles. The lowest BCUT2D eigenvalue weighted by Gasteiger charge is -2.34. The molecular weight excluding hydrogens is 496 g/mol. The number of anilines is 2. The highest BCUT2D eigenvalue weighted by Crippen LogP contribution is 2.32. The number of carbonyl (C=O) groups excluding carboxylic acids is 1. The number of amides is 2. The third kappa shape index (κ3) is 7.23.